The molecule has 1 aromatic heterocycles. The van der Waals surface area contributed by atoms with Gasteiger partial charge in [0.15, 0.2) is 0 Å². The van der Waals surface area contributed by atoms with Crippen molar-refractivity contribution >= 4 is 27.3 Å². The maximum Gasteiger partial charge on any atom is 0.126 e. The summed E-state index contributed by atoms with van der Waals surface area (Å²) in [4.78, 5) is 0. The molecule has 0 spiro atoms. The molecule has 2 aromatic rings. The van der Waals surface area contributed by atoms with Crippen molar-refractivity contribution in [1.82, 2.24) is 5.32 Å². The first-order valence-electron chi connectivity index (χ1n) is 6.99. The Hall–Kier alpha value is -0.840. The summed E-state index contributed by atoms with van der Waals surface area (Å²) in [5, 5.41) is 7.95. The molecule has 2 nitrogen and oxygen atoms in total. The Labute approximate surface area is 132 Å². The predicted molar refractivity (Wildman–Crippen MR) is 87.5 cm³/mol. The van der Waals surface area contributed by atoms with Crippen LogP contribution >= 0.6 is 27.3 Å². The van der Waals surface area contributed by atoms with Crippen molar-refractivity contribution in [2.75, 3.05) is 6.54 Å². The summed E-state index contributed by atoms with van der Waals surface area (Å²) < 4.78 is 7.27. The lowest BCUT2D eigenvalue weighted by Crippen LogP contribution is -2.29. The van der Waals surface area contributed by atoms with Crippen LogP contribution in [0.15, 0.2) is 39.5 Å². The molecule has 0 radical (unpaired) electrons. The SMILES string of the molecule is CCCNC1CC(c2ccsc2)Oc2cc(Br)ccc21. The summed E-state index contributed by atoms with van der Waals surface area (Å²) in [6.07, 6.45) is 2.29. The van der Waals surface area contributed by atoms with E-state index in [9.17, 15) is 0 Å². The second kappa shape index (κ2) is 6.29. The van der Waals surface area contributed by atoms with Gasteiger partial charge in [-0.1, -0.05) is 28.9 Å². The molecule has 4 heteroatoms. The van der Waals surface area contributed by atoms with E-state index in [0.717, 1.165) is 29.6 Å². The third-order valence-electron chi connectivity index (χ3n) is 3.63. The molecule has 2 heterocycles. The average Bonchev–Trinajstić information content (AvgIpc) is 2.98. The van der Waals surface area contributed by atoms with E-state index < -0.39 is 0 Å². The maximum atomic E-state index is 6.20. The van der Waals surface area contributed by atoms with Gasteiger partial charge in [-0.05, 0) is 41.9 Å². The molecule has 2 atom stereocenters. The van der Waals surface area contributed by atoms with E-state index in [4.69, 9.17) is 4.74 Å². The average molecular weight is 352 g/mol. The van der Waals surface area contributed by atoms with Gasteiger partial charge in [-0.15, -0.1) is 0 Å². The normalized spacial score (nSPS) is 21.3. The summed E-state index contributed by atoms with van der Waals surface area (Å²) in [5.74, 6) is 0.996. The van der Waals surface area contributed by atoms with Gasteiger partial charge in [0.2, 0.25) is 0 Å². The molecule has 0 aliphatic carbocycles. The molecule has 1 aliphatic heterocycles. The summed E-state index contributed by atoms with van der Waals surface area (Å²) >= 11 is 5.26. The lowest BCUT2D eigenvalue weighted by Gasteiger charge is -2.32. The first-order chi connectivity index (χ1) is 9.78. The minimum absolute atomic E-state index is 0.150. The highest BCUT2D eigenvalue weighted by Gasteiger charge is 2.29. The van der Waals surface area contributed by atoms with Gasteiger partial charge >= 0.3 is 0 Å². The van der Waals surface area contributed by atoms with Gasteiger partial charge in [0.1, 0.15) is 11.9 Å². The Morgan fingerprint density at radius 2 is 2.30 bits per heavy atom. The monoisotopic (exact) mass is 351 g/mol. The van der Waals surface area contributed by atoms with Crippen LogP contribution in [0.3, 0.4) is 0 Å². The zero-order chi connectivity index (χ0) is 13.9. The van der Waals surface area contributed by atoms with Crippen molar-refractivity contribution < 1.29 is 4.74 Å². The van der Waals surface area contributed by atoms with Crippen molar-refractivity contribution in [3.05, 3.63) is 50.6 Å². The minimum atomic E-state index is 0.150. The molecule has 2 unspecified atom stereocenters. The maximum absolute atomic E-state index is 6.20. The largest absolute Gasteiger partial charge is 0.485 e. The van der Waals surface area contributed by atoms with Crippen LogP contribution in [0.5, 0.6) is 5.75 Å². The number of rotatable bonds is 4. The van der Waals surface area contributed by atoms with E-state index in [2.05, 4.69) is 63.2 Å². The quantitative estimate of drug-likeness (QED) is 0.829. The summed E-state index contributed by atoms with van der Waals surface area (Å²) in [7, 11) is 0. The first-order valence-corrected chi connectivity index (χ1v) is 8.73. The van der Waals surface area contributed by atoms with E-state index >= 15 is 0 Å². The van der Waals surface area contributed by atoms with Crippen LogP contribution < -0.4 is 10.1 Å². The number of thiophene rings is 1. The Balaban J connectivity index is 1.90. The molecule has 3 rings (SSSR count). The van der Waals surface area contributed by atoms with Crippen LogP contribution in [0.4, 0.5) is 0 Å². The second-order valence-corrected chi connectivity index (χ2v) is 6.78. The number of ether oxygens (including phenoxy) is 1. The third kappa shape index (κ3) is 2.92. The van der Waals surface area contributed by atoms with Crippen LogP contribution in [0.2, 0.25) is 0 Å². The fourth-order valence-corrected chi connectivity index (χ4v) is 3.66. The lowest BCUT2D eigenvalue weighted by atomic mass is 9.94. The summed E-state index contributed by atoms with van der Waals surface area (Å²) in [6.45, 7) is 3.24. The molecule has 0 bridgehead atoms. The molecule has 1 N–H and O–H groups in total. The number of hydrogen-bond donors (Lipinski definition) is 1. The van der Waals surface area contributed by atoms with Crippen molar-refractivity contribution in [3.63, 3.8) is 0 Å². The van der Waals surface area contributed by atoms with E-state index in [1.54, 1.807) is 11.3 Å². The summed E-state index contributed by atoms with van der Waals surface area (Å²) in [6, 6.07) is 8.87. The van der Waals surface area contributed by atoms with Gasteiger partial charge < -0.3 is 10.1 Å². The molecular formula is C16H18BrNOS. The molecule has 0 saturated heterocycles. The van der Waals surface area contributed by atoms with Gasteiger partial charge in [-0.2, -0.15) is 11.3 Å². The summed E-state index contributed by atoms with van der Waals surface area (Å²) in [5.41, 5.74) is 2.55. The van der Waals surface area contributed by atoms with Crippen molar-refractivity contribution in [2.45, 2.75) is 31.9 Å². The number of halogens is 1. The van der Waals surface area contributed by atoms with Gasteiger partial charge in [0.05, 0.1) is 0 Å². The highest BCUT2D eigenvalue weighted by Crippen LogP contribution is 2.42. The third-order valence-corrected chi connectivity index (χ3v) is 4.82. The Kier molecular flexibility index (Phi) is 4.44. The Bertz CT molecular complexity index is 570. The lowest BCUT2D eigenvalue weighted by molar-refractivity contribution is 0.152. The fraction of sp³-hybridized carbons (Fsp3) is 0.375. The highest BCUT2D eigenvalue weighted by molar-refractivity contribution is 9.10. The molecule has 1 aromatic carbocycles. The van der Waals surface area contributed by atoms with Crippen molar-refractivity contribution in [1.29, 1.82) is 0 Å². The van der Waals surface area contributed by atoms with Crippen molar-refractivity contribution in [3.8, 4) is 5.75 Å². The van der Waals surface area contributed by atoms with Gasteiger partial charge in [0.25, 0.3) is 0 Å². The van der Waals surface area contributed by atoms with Crippen LogP contribution in [0.1, 0.15) is 43.0 Å². The minimum Gasteiger partial charge on any atom is -0.485 e. The van der Waals surface area contributed by atoms with Gasteiger partial charge in [-0.3, -0.25) is 0 Å². The van der Waals surface area contributed by atoms with Crippen LogP contribution in [0.25, 0.3) is 0 Å². The zero-order valence-corrected chi connectivity index (χ0v) is 13.8. The standard InChI is InChI=1S/C16H18BrNOS/c1-2-6-18-14-9-15(11-5-7-20-10-11)19-16-8-12(17)3-4-13(14)16/h3-5,7-8,10,14-15,18H,2,6,9H2,1H3. The van der Waals surface area contributed by atoms with Crippen LogP contribution in [-0.2, 0) is 0 Å². The number of benzene rings is 1. The topological polar surface area (TPSA) is 21.3 Å². The molecular weight excluding hydrogens is 334 g/mol. The van der Waals surface area contributed by atoms with Gasteiger partial charge in [0, 0.05) is 28.1 Å². The van der Waals surface area contributed by atoms with E-state index in [0.29, 0.717) is 6.04 Å². The number of nitrogens with one attached hydrogen (secondary N) is 1. The molecule has 0 fully saturated rings. The second-order valence-electron chi connectivity index (χ2n) is 5.09. The zero-order valence-electron chi connectivity index (χ0n) is 11.4. The molecule has 0 saturated carbocycles. The first kappa shape index (κ1) is 14.1. The molecule has 1 aliphatic rings. The predicted octanol–water partition coefficient (Wildman–Crippen LogP) is 5.08. The molecule has 20 heavy (non-hydrogen) atoms. The fourth-order valence-electron chi connectivity index (χ4n) is 2.61. The molecule has 106 valence electrons. The Morgan fingerprint density at radius 1 is 1.40 bits per heavy atom. The van der Waals surface area contributed by atoms with Crippen LogP contribution in [-0.4, -0.2) is 6.54 Å². The number of fused-ring (bicyclic) bond motifs is 1. The number of hydrogen-bond acceptors (Lipinski definition) is 3. The van der Waals surface area contributed by atoms with Crippen molar-refractivity contribution in [2.24, 2.45) is 0 Å². The van der Waals surface area contributed by atoms with Gasteiger partial charge in [-0.25, -0.2) is 0 Å². The van der Waals surface area contributed by atoms with Crippen LogP contribution in [0, 0.1) is 0 Å². The smallest absolute Gasteiger partial charge is 0.126 e. The van der Waals surface area contributed by atoms with E-state index in [-0.39, 0.29) is 6.10 Å². The van der Waals surface area contributed by atoms with E-state index in [1.165, 1.54) is 11.1 Å². The molecule has 0 amide bonds. The highest BCUT2D eigenvalue weighted by atomic mass is 79.9. The Morgan fingerprint density at radius 3 is 3.05 bits per heavy atom. The van der Waals surface area contributed by atoms with E-state index in [1.807, 2.05) is 0 Å².